The predicted molar refractivity (Wildman–Crippen MR) is 68.0 cm³/mol. The maximum atomic E-state index is 12.3. The Kier molecular flexibility index (Phi) is 3.27. The van der Waals surface area contributed by atoms with Crippen molar-refractivity contribution in [1.82, 2.24) is 9.88 Å². The van der Waals surface area contributed by atoms with Crippen LogP contribution in [0.4, 0.5) is 0 Å². The first kappa shape index (κ1) is 14.5. The molecule has 0 bridgehead atoms. The fraction of sp³-hybridized carbons (Fsp3) is 0.700. The molecule has 1 atom stereocenters. The monoisotopic (exact) mass is 308 g/mol. The van der Waals surface area contributed by atoms with Crippen LogP contribution in [-0.2, 0) is 19.9 Å². The lowest BCUT2D eigenvalue weighted by atomic mass is 10.0. The Morgan fingerprint density at radius 1 is 1.37 bits per heavy atom. The molecule has 7 nitrogen and oxygen atoms in total. The molecular formula is C10H16N2O5S2. The van der Waals surface area contributed by atoms with E-state index in [4.69, 9.17) is 4.52 Å². The Bertz CT molecular complexity index is 685. The second-order valence-electron chi connectivity index (χ2n) is 5.16. The molecule has 0 spiro atoms. The van der Waals surface area contributed by atoms with Crippen LogP contribution >= 0.6 is 0 Å². The molecule has 108 valence electrons. The summed E-state index contributed by atoms with van der Waals surface area (Å²) in [6.07, 6.45) is 0.262. The third-order valence-corrected chi connectivity index (χ3v) is 6.91. The molecule has 0 aliphatic carbocycles. The first-order valence-electron chi connectivity index (χ1n) is 5.72. The van der Waals surface area contributed by atoms with Gasteiger partial charge in [0, 0.05) is 5.54 Å². The van der Waals surface area contributed by atoms with Gasteiger partial charge in [-0.3, -0.25) is 0 Å². The fourth-order valence-electron chi connectivity index (χ4n) is 2.32. The highest BCUT2D eigenvalue weighted by molar-refractivity contribution is 7.92. The minimum absolute atomic E-state index is 0.00633. The number of nitrogens with one attached hydrogen (secondary N) is 1. The summed E-state index contributed by atoms with van der Waals surface area (Å²) in [5.41, 5.74) is -0.720. The van der Waals surface area contributed by atoms with Crippen molar-refractivity contribution in [1.29, 1.82) is 0 Å². The molecule has 1 fully saturated rings. The zero-order chi connectivity index (χ0) is 14.5. The van der Waals surface area contributed by atoms with Crippen LogP contribution < -0.4 is 4.72 Å². The van der Waals surface area contributed by atoms with E-state index in [9.17, 15) is 16.8 Å². The Morgan fingerprint density at radius 3 is 2.42 bits per heavy atom. The second-order valence-corrected chi connectivity index (χ2v) is 8.96. The number of nitrogens with zero attached hydrogens (tertiary/aromatic N) is 1. The number of aromatic nitrogens is 1. The molecule has 0 amide bonds. The summed E-state index contributed by atoms with van der Waals surface area (Å²) in [6, 6.07) is 0. The molecule has 1 aliphatic heterocycles. The Labute approximate surface area is 112 Å². The van der Waals surface area contributed by atoms with Gasteiger partial charge in [0.2, 0.25) is 10.0 Å². The highest BCUT2D eigenvalue weighted by Crippen LogP contribution is 2.27. The predicted octanol–water partition coefficient (Wildman–Crippen LogP) is 0.147. The van der Waals surface area contributed by atoms with Gasteiger partial charge < -0.3 is 4.52 Å². The topological polar surface area (TPSA) is 106 Å². The van der Waals surface area contributed by atoms with Gasteiger partial charge in [0.1, 0.15) is 10.6 Å². The third kappa shape index (κ3) is 2.82. The molecule has 0 aromatic carbocycles. The maximum Gasteiger partial charge on any atom is 0.246 e. The molecule has 1 aromatic rings. The van der Waals surface area contributed by atoms with Crippen molar-refractivity contribution in [2.75, 3.05) is 11.5 Å². The molecule has 2 heterocycles. The lowest BCUT2D eigenvalue weighted by Gasteiger charge is -2.23. The average molecular weight is 308 g/mol. The van der Waals surface area contributed by atoms with Crippen molar-refractivity contribution in [2.24, 2.45) is 0 Å². The smallest absolute Gasteiger partial charge is 0.246 e. The van der Waals surface area contributed by atoms with Crippen molar-refractivity contribution in [3.8, 4) is 0 Å². The van der Waals surface area contributed by atoms with E-state index in [1.807, 2.05) is 0 Å². The van der Waals surface area contributed by atoms with Gasteiger partial charge in [-0.25, -0.2) is 21.6 Å². The van der Waals surface area contributed by atoms with E-state index in [0.29, 0.717) is 0 Å². The standard InChI is InChI=1S/C10H16N2O5S2/c1-7-9(8(2)17-11-7)19(15,16)12-10(3)4-5-18(13,14)6-10/h12H,4-6H2,1-3H3/t10-/m0/s1. The largest absolute Gasteiger partial charge is 0.360 e. The molecule has 0 unspecified atom stereocenters. The number of sulfone groups is 1. The maximum absolute atomic E-state index is 12.3. The van der Waals surface area contributed by atoms with Crippen molar-refractivity contribution in [3.05, 3.63) is 11.5 Å². The Morgan fingerprint density at radius 2 is 2.00 bits per heavy atom. The molecule has 0 saturated carbocycles. The van der Waals surface area contributed by atoms with Gasteiger partial charge in [-0.2, -0.15) is 0 Å². The lowest BCUT2D eigenvalue weighted by molar-refractivity contribution is 0.390. The van der Waals surface area contributed by atoms with Crippen LogP contribution in [0, 0.1) is 13.8 Å². The van der Waals surface area contributed by atoms with Crippen LogP contribution in [0.2, 0.25) is 0 Å². The van der Waals surface area contributed by atoms with Crippen molar-refractivity contribution in [2.45, 2.75) is 37.6 Å². The van der Waals surface area contributed by atoms with Crippen LogP contribution in [0.15, 0.2) is 9.42 Å². The van der Waals surface area contributed by atoms with Crippen LogP contribution in [0.5, 0.6) is 0 Å². The second kappa shape index (κ2) is 4.29. The number of aryl methyl sites for hydroxylation is 2. The quantitative estimate of drug-likeness (QED) is 0.851. The SMILES string of the molecule is Cc1noc(C)c1S(=O)(=O)N[C@@]1(C)CCS(=O)(=O)C1. The Hall–Kier alpha value is -0.930. The van der Waals surface area contributed by atoms with Crippen molar-refractivity contribution in [3.63, 3.8) is 0 Å². The van der Waals surface area contributed by atoms with Crippen molar-refractivity contribution >= 4 is 19.9 Å². The average Bonchev–Trinajstić information content (AvgIpc) is 2.66. The third-order valence-electron chi connectivity index (χ3n) is 3.12. The first-order valence-corrected chi connectivity index (χ1v) is 9.02. The summed E-state index contributed by atoms with van der Waals surface area (Å²) >= 11 is 0. The molecule has 1 saturated heterocycles. The zero-order valence-electron chi connectivity index (χ0n) is 10.9. The molecule has 1 N–H and O–H groups in total. The van der Waals surface area contributed by atoms with Gasteiger partial charge in [0.25, 0.3) is 0 Å². The zero-order valence-corrected chi connectivity index (χ0v) is 12.6. The van der Waals surface area contributed by atoms with E-state index < -0.39 is 25.4 Å². The number of rotatable bonds is 3. The van der Waals surface area contributed by atoms with Gasteiger partial charge in [0.15, 0.2) is 15.6 Å². The summed E-state index contributed by atoms with van der Waals surface area (Å²) in [5, 5.41) is 3.60. The number of sulfonamides is 1. The molecule has 9 heteroatoms. The van der Waals surface area contributed by atoms with E-state index in [-0.39, 0.29) is 34.3 Å². The lowest BCUT2D eigenvalue weighted by Crippen LogP contribution is -2.46. The number of hydrogen-bond donors (Lipinski definition) is 1. The molecule has 19 heavy (non-hydrogen) atoms. The van der Waals surface area contributed by atoms with Crippen LogP contribution in [0.25, 0.3) is 0 Å². The van der Waals surface area contributed by atoms with Gasteiger partial charge in [0.05, 0.1) is 11.5 Å². The van der Waals surface area contributed by atoms with Gasteiger partial charge in [-0.05, 0) is 27.2 Å². The Balaban J connectivity index is 2.34. The van der Waals surface area contributed by atoms with E-state index in [0.717, 1.165) is 0 Å². The number of hydrogen-bond acceptors (Lipinski definition) is 6. The van der Waals surface area contributed by atoms with E-state index in [1.165, 1.54) is 13.8 Å². The van der Waals surface area contributed by atoms with E-state index >= 15 is 0 Å². The van der Waals surface area contributed by atoms with E-state index in [2.05, 4.69) is 9.88 Å². The van der Waals surface area contributed by atoms with Crippen molar-refractivity contribution < 1.29 is 21.4 Å². The molecular weight excluding hydrogens is 292 g/mol. The fourth-order valence-corrected chi connectivity index (χ4v) is 6.28. The van der Waals surface area contributed by atoms with Gasteiger partial charge >= 0.3 is 0 Å². The summed E-state index contributed by atoms with van der Waals surface area (Å²) in [6.45, 7) is 4.62. The van der Waals surface area contributed by atoms with Crippen LogP contribution in [0.3, 0.4) is 0 Å². The van der Waals surface area contributed by atoms with Gasteiger partial charge in [-0.1, -0.05) is 5.16 Å². The highest BCUT2D eigenvalue weighted by Gasteiger charge is 2.42. The minimum atomic E-state index is -3.84. The molecule has 1 aliphatic rings. The molecule has 2 rings (SSSR count). The summed E-state index contributed by atoms with van der Waals surface area (Å²) in [7, 11) is -7.02. The van der Waals surface area contributed by atoms with Gasteiger partial charge in [-0.15, -0.1) is 0 Å². The summed E-state index contributed by atoms with van der Waals surface area (Å²) < 4.78 is 54.9. The highest BCUT2D eigenvalue weighted by atomic mass is 32.2. The molecule has 1 aromatic heterocycles. The first-order chi connectivity index (χ1) is 8.55. The minimum Gasteiger partial charge on any atom is -0.360 e. The van der Waals surface area contributed by atoms with E-state index in [1.54, 1.807) is 6.92 Å². The van der Waals surface area contributed by atoms with Crippen LogP contribution in [-0.4, -0.2) is 39.0 Å². The summed E-state index contributed by atoms with van der Waals surface area (Å²) in [4.78, 5) is -0.0157. The van der Waals surface area contributed by atoms with Crippen LogP contribution in [0.1, 0.15) is 24.8 Å². The summed E-state index contributed by atoms with van der Waals surface area (Å²) in [5.74, 6) is -0.00888. The molecule has 0 radical (unpaired) electrons. The normalized spacial score (nSPS) is 26.7.